The van der Waals surface area contributed by atoms with Crippen molar-refractivity contribution in [1.29, 1.82) is 0 Å². The van der Waals surface area contributed by atoms with Gasteiger partial charge in [-0.25, -0.2) is 9.97 Å². The van der Waals surface area contributed by atoms with Gasteiger partial charge in [0, 0.05) is 51.7 Å². The molecule has 0 radical (unpaired) electrons. The number of nitrogens with zero attached hydrogens (tertiary/aromatic N) is 4. The summed E-state index contributed by atoms with van der Waals surface area (Å²) in [5, 5.41) is 6.45. The monoisotopic (exact) mass is 331 g/mol. The van der Waals surface area contributed by atoms with Crippen LogP contribution in [0.2, 0.25) is 0 Å². The first kappa shape index (κ1) is 18.2. The second kappa shape index (κ2) is 8.63. The molecule has 7 heteroatoms. The lowest BCUT2D eigenvalue weighted by Crippen LogP contribution is -2.42. The molecule has 1 aromatic heterocycles. The van der Waals surface area contributed by atoms with Crippen LogP contribution in [-0.4, -0.2) is 60.0 Å². The van der Waals surface area contributed by atoms with E-state index in [0.717, 1.165) is 37.2 Å². The Kier molecular flexibility index (Phi) is 6.54. The van der Waals surface area contributed by atoms with Gasteiger partial charge in [0.2, 0.25) is 5.95 Å². The van der Waals surface area contributed by atoms with E-state index in [-0.39, 0.29) is 0 Å². The van der Waals surface area contributed by atoms with Crippen LogP contribution < -0.4 is 16.4 Å². The molecule has 0 spiro atoms. The van der Waals surface area contributed by atoms with E-state index in [2.05, 4.69) is 44.3 Å². The molecule has 24 heavy (non-hydrogen) atoms. The lowest BCUT2D eigenvalue weighted by molar-refractivity contribution is 0.177. The summed E-state index contributed by atoms with van der Waals surface area (Å²) >= 11 is 0. The zero-order chi connectivity index (χ0) is 17.5. The number of amidine groups is 1. The number of rotatable bonds is 6. The van der Waals surface area contributed by atoms with Gasteiger partial charge in [0.1, 0.15) is 5.84 Å². The fraction of sp³-hybridized carbons (Fsp3) is 0.588. The first-order valence-corrected chi connectivity index (χ1v) is 8.49. The summed E-state index contributed by atoms with van der Waals surface area (Å²) in [6.45, 7) is 6.70. The molecule has 0 bridgehead atoms. The third-order valence-electron chi connectivity index (χ3n) is 4.33. The third kappa shape index (κ3) is 4.67. The smallest absolute Gasteiger partial charge is 0.223 e. The summed E-state index contributed by atoms with van der Waals surface area (Å²) < 4.78 is 0. The Morgan fingerprint density at radius 2 is 2.12 bits per heavy atom. The van der Waals surface area contributed by atoms with Crippen LogP contribution in [0.25, 0.3) is 5.57 Å². The van der Waals surface area contributed by atoms with E-state index in [9.17, 15) is 0 Å². The number of aliphatic imine (C=N–C) groups is 1. The lowest BCUT2D eigenvalue weighted by atomic mass is 10.0. The molecular weight excluding hydrogens is 302 g/mol. The van der Waals surface area contributed by atoms with Crippen molar-refractivity contribution in [2.24, 2.45) is 10.7 Å². The largest absolute Gasteiger partial charge is 0.393 e. The Hall–Kier alpha value is -2.15. The van der Waals surface area contributed by atoms with E-state index >= 15 is 0 Å². The summed E-state index contributed by atoms with van der Waals surface area (Å²) in [5.41, 5.74) is 7.49. The van der Waals surface area contributed by atoms with Crippen LogP contribution in [0.1, 0.15) is 32.4 Å². The number of likely N-dealkylation sites (tertiary alicyclic amines) is 1. The highest BCUT2D eigenvalue weighted by molar-refractivity contribution is 6.21. The predicted molar refractivity (Wildman–Crippen MR) is 100.0 cm³/mol. The molecule has 0 unspecified atom stereocenters. The van der Waals surface area contributed by atoms with Crippen LogP contribution in [0, 0.1) is 0 Å². The Labute approximate surface area is 144 Å². The molecule has 1 aromatic rings. The molecule has 0 amide bonds. The molecule has 132 valence electrons. The molecular formula is C17H29N7. The van der Waals surface area contributed by atoms with Crippen LogP contribution in [0.4, 0.5) is 5.95 Å². The molecule has 1 saturated heterocycles. The first-order valence-electron chi connectivity index (χ1n) is 8.49. The minimum atomic E-state index is 0.407. The maximum Gasteiger partial charge on any atom is 0.223 e. The van der Waals surface area contributed by atoms with Gasteiger partial charge in [0.15, 0.2) is 0 Å². The van der Waals surface area contributed by atoms with E-state index in [1.54, 1.807) is 19.4 Å². The second-order valence-corrected chi connectivity index (χ2v) is 6.27. The average molecular weight is 331 g/mol. The fourth-order valence-corrected chi connectivity index (χ4v) is 2.86. The van der Waals surface area contributed by atoms with Gasteiger partial charge in [-0.05, 0) is 32.8 Å². The topological polar surface area (TPSA) is 91.5 Å². The van der Waals surface area contributed by atoms with Crippen molar-refractivity contribution in [3.05, 3.63) is 24.2 Å². The highest BCUT2D eigenvalue weighted by Gasteiger charge is 2.21. The Morgan fingerprint density at radius 1 is 1.42 bits per heavy atom. The van der Waals surface area contributed by atoms with Gasteiger partial charge in [-0.3, -0.25) is 4.99 Å². The zero-order valence-electron chi connectivity index (χ0n) is 15.1. The lowest BCUT2D eigenvalue weighted by Gasteiger charge is -2.34. The average Bonchev–Trinajstić information content (AvgIpc) is 2.59. The van der Waals surface area contributed by atoms with E-state index < -0.39 is 0 Å². The van der Waals surface area contributed by atoms with Gasteiger partial charge in [0.25, 0.3) is 0 Å². The Bertz CT molecular complexity index is 586. The van der Waals surface area contributed by atoms with Gasteiger partial charge >= 0.3 is 0 Å². The molecule has 0 atom stereocenters. The Morgan fingerprint density at radius 3 is 2.71 bits per heavy atom. The van der Waals surface area contributed by atoms with E-state index in [1.807, 2.05) is 13.1 Å². The van der Waals surface area contributed by atoms with Crippen LogP contribution in [0.3, 0.4) is 0 Å². The quantitative estimate of drug-likeness (QED) is 0.538. The molecule has 0 saturated carbocycles. The molecule has 1 aliphatic rings. The molecule has 2 rings (SSSR count). The maximum absolute atomic E-state index is 5.97. The van der Waals surface area contributed by atoms with Crippen molar-refractivity contribution in [2.75, 3.05) is 32.5 Å². The number of hydrogen-bond donors (Lipinski definition) is 3. The second-order valence-electron chi connectivity index (χ2n) is 6.27. The minimum Gasteiger partial charge on any atom is -0.393 e. The van der Waals surface area contributed by atoms with E-state index in [0.29, 0.717) is 23.9 Å². The van der Waals surface area contributed by atoms with Crippen molar-refractivity contribution in [1.82, 2.24) is 20.2 Å². The summed E-state index contributed by atoms with van der Waals surface area (Å²) in [5.74, 6) is 1.08. The number of anilines is 1. The van der Waals surface area contributed by atoms with Crippen LogP contribution in [0.5, 0.6) is 0 Å². The molecule has 0 aromatic carbocycles. The normalized spacial score (nSPS) is 18.0. The van der Waals surface area contributed by atoms with Gasteiger partial charge < -0.3 is 21.3 Å². The molecule has 1 aliphatic heterocycles. The van der Waals surface area contributed by atoms with Gasteiger partial charge in [0.05, 0.1) is 11.3 Å². The van der Waals surface area contributed by atoms with E-state index in [1.165, 1.54) is 0 Å². The fourth-order valence-electron chi connectivity index (χ4n) is 2.86. The standard InChI is InChI=1S/C17H29N7/c1-12(2)24-9-6-13(7-10-24)22-17-21-8-5-15(23-17)14(11-19-3)16(18)20-4/h5,8,11-13,19H,6-7,9-10H2,1-4H3,(H2,18,20)(H,21,22,23). The predicted octanol–water partition coefficient (Wildman–Crippen LogP) is 1.31. The molecule has 7 nitrogen and oxygen atoms in total. The number of nitrogens with one attached hydrogen (secondary N) is 2. The molecule has 4 N–H and O–H groups in total. The summed E-state index contributed by atoms with van der Waals surface area (Å²) in [7, 11) is 3.49. The van der Waals surface area contributed by atoms with Crippen molar-refractivity contribution < 1.29 is 0 Å². The van der Waals surface area contributed by atoms with Gasteiger partial charge in [-0.2, -0.15) is 0 Å². The van der Waals surface area contributed by atoms with E-state index in [4.69, 9.17) is 5.73 Å². The highest BCUT2D eigenvalue weighted by Crippen LogP contribution is 2.17. The molecule has 0 aliphatic carbocycles. The van der Waals surface area contributed by atoms with Crippen molar-refractivity contribution in [3.8, 4) is 0 Å². The van der Waals surface area contributed by atoms with Gasteiger partial charge in [-0.1, -0.05) is 0 Å². The van der Waals surface area contributed by atoms with Crippen molar-refractivity contribution in [3.63, 3.8) is 0 Å². The third-order valence-corrected chi connectivity index (χ3v) is 4.33. The maximum atomic E-state index is 5.97. The summed E-state index contributed by atoms with van der Waals surface area (Å²) in [6.07, 6.45) is 5.75. The molecule has 2 heterocycles. The number of hydrogen-bond acceptors (Lipinski definition) is 6. The zero-order valence-corrected chi connectivity index (χ0v) is 15.1. The Balaban J connectivity index is 2.07. The van der Waals surface area contributed by atoms with Crippen molar-refractivity contribution in [2.45, 2.75) is 38.8 Å². The van der Waals surface area contributed by atoms with Crippen LogP contribution in [0.15, 0.2) is 23.5 Å². The number of nitrogens with two attached hydrogens (primary N) is 1. The minimum absolute atomic E-state index is 0.407. The first-order chi connectivity index (χ1) is 11.5. The van der Waals surface area contributed by atoms with Crippen molar-refractivity contribution >= 4 is 17.4 Å². The van der Waals surface area contributed by atoms with Gasteiger partial charge in [-0.15, -0.1) is 0 Å². The van der Waals surface area contributed by atoms with Crippen LogP contribution in [-0.2, 0) is 0 Å². The number of piperidine rings is 1. The highest BCUT2D eigenvalue weighted by atomic mass is 15.2. The van der Waals surface area contributed by atoms with Crippen LogP contribution >= 0.6 is 0 Å². The summed E-state index contributed by atoms with van der Waals surface area (Å²) in [4.78, 5) is 15.5. The number of aromatic nitrogens is 2. The summed E-state index contributed by atoms with van der Waals surface area (Å²) in [6, 6.07) is 2.86. The molecule has 1 fully saturated rings. The SMILES string of the molecule is CN=C(N)C(=CNC)c1ccnc(NC2CCN(C(C)C)CC2)n1.